The van der Waals surface area contributed by atoms with Gasteiger partial charge in [0.2, 0.25) is 0 Å². The largest absolute Gasteiger partial charge is 0.343 e. The molecule has 0 aliphatic carbocycles. The molecule has 0 atom stereocenters. The fourth-order valence-electron chi connectivity index (χ4n) is 1.51. The van der Waals surface area contributed by atoms with Gasteiger partial charge in [-0.15, -0.1) is 0 Å². The molecule has 1 fully saturated rings. The van der Waals surface area contributed by atoms with Crippen molar-refractivity contribution < 1.29 is 9.59 Å². The number of piperazine rings is 1. The van der Waals surface area contributed by atoms with Gasteiger partial charge in [-0.3, -0.25) is 15.0 Å². The van der Waals surface area contributed by atoms with E-state index >= 15 is 0 Å². The summed E-state index contributed by atoms with van der Waals surface area (Å²) in [5, 5.41) is 4.41. The third kappa shape index (κ3) is 5.14. The van der Waals surface area contributed by atoms with Crippen molar-refractivity contribution in [2.75, 3.05) is 33.2 Å². The van der Waals surface area contributed by atoms with E-state index in [1.54, 1.807) is 5.01 Å². The maximum absolute atomic E-state index is 11.6. The molecule has 2 amide bonds. The number of carbonyl (C=O) groups excluding carboxylic acids is 2. The minimum Gasteiger partial charge on any atom is -0.343 e. The molecule has 1 rings (SSSR count). The Kier molecular flexibility index (Phi) is 4.47. The average molecular weight is 242 g/mol. The molecule has 1 aliphatic heterocycles. The topological polar surface area (TPSA) is 64.7 Å². The molecule has 1 saturated heterocycles. The molecule has 0 bridgehead atoms. The highest BCUT2D eigenvalue weighted by Gasteiger charge is 2.23. The molecule has 1 aliphatic rings. The first kappa shape index (κ1) is 13.9. The monoisotopic (exact) mass is 242 g/mol. The van der Waals surface area contributed by atoms with Crippen molar-refractivity contribution in [2.24, 2.45) is 0 Å². The SMILES string of the molecule is CN1CCN(NC(=O)C(=O)NC(C)(C)C)CC1. The predicted molar refractivity (Wildman–Crippen MR) is 65.1 cm³/mol. The van der Waals surface area contributed by atoms with Crippen LogP contribution < -0.4 is 10.7 Å². The lowest BCUT2D eigenvalue weighted by Crippen LogP contribution is -2.57. The van der Waals surface area contributed by atoms with E-state index in [1.807, 2.05) is 27.8 Å². The van der Waals surface area contributed by atoms with Crippen LogP contribution in [0.25, 0.3) is 0 Å². The summed E-state index contributed by atoms with van der Waals surface area (Å²) < 4.78 is 0. The number of nitrogens with zero attached hydrogens (tertiary/aromatic N) is 2. The molecule has 1 heterocycles. The molecule has 0 saturated carbocycles. The summed E-state index contributed by atoms with van der Waals surface area (Å²) in [6, 6.07) is 0. The van der Waals surface area contributed by atoms with E-state index in [4.69, 9.17) is 0 Å². The summed E-state index contributed by atoms with van der Waals surface area (Å²) >= 11 is 0. The highest BCUT2D eigenvalue weighted by molar-refractivity contribution is 6.35. The molecule has 0 aromatic rings. The van der Waals surface area contributed by atoms with Crippen LogP contribution in [0.4, 0.5) is 0 Å². The van der Waals surface area contributed by atoms with Gasteiger partial charge in [-0.1, -0.05) is 0 Å². The number of hydrogen-bond acceptors (Lipinski definition) is 4. The average Bonchev–Trinajstić information content (AvgIpc) is 2.19. The number of carbonyl (C=O) groups is 2. The zero-order chi connectivity index (χ0) is 13.1. The van der Waals surface area contributed by atoms with Crippen LogP contribution in [0.3, 0.4) is 0 Å². The third-order valence-electron chi connectivity index (χ3n) is 2.46. The lowest BCUT2D eigenvalue weighted by molar-refractivity contribution is -0.143. The van der Waals surface area contributed by atoms with Gasteiger partial charge in [-0.05, 0) is 27.8 Å². The minimum atomic E-state index is -0.593. The Labute approximate surface area is 102 Å². The van der Waals surface area contributed by atoms with Gasteiger partial charge in [0.1, 0.15) is 0 Å². The second-order valence-corrected chi connectivity index (χ2v) is 5.44. The molecule has 2 N–H and O–H groups in total. The molecule has 0 aromatic heterocycles. The van der Waals surface area contributed by atoms with Crippen LogP contribution in [0.2, 0.25) is 0 Å². The van der Waals surface area contributed by atoms with E-state index in [-0.39, 0.29) is 0 Å². The Morgan fingerprint density at radius 3 is 2.00 bits per heavy atom. The first-order chi connectivity index (χ1) is 7.78. The second-order valence-electron chi connectivity index (χ2n) is 5.44. The normalized spacial score (nSPS) is 18.8. The van der Waals surface area contributed by atoms with E-state index < -0.39 is 17.4 Å². The molecule has 0 spiro atoms. The zero-order valence-electron chi connectivity index (χ0n) is 11.0. The first-order valence-corrected chi connectivity index (χ1v) is 5.84. The van der Waals surface area contributed by atoms with E-state index in [1.165, 1.54) is 0 Å². The molecule has 17 heavy (non-hydrogen) atoms. The first-order valence-electron chi connectivity index (χ1n) is 5.84. The Morgan fingerprint density at radius 1 is 1.00 bits per heavy atom. The number of rotatable bonds is 1. The summed E-state index contributed by atoms with van der Waals surface area (Å²) in [6.45, 7) is 8.79. The van der Waals surface area contributed by atoms with Crippen LogP contribution in [0.15, 0.2) is 0 Å². The van der Waals surface area contributed by atoms with E-state index in [0.717, 1.165) is 26.2 Å². The lowest BCUT2D eigenvalue weighted by Gasteiger charge is -2.32. The van der Waals surface area contributed by atoms with Crippen LogP contribution >= 0.6 is 0 Å². The van der Waals surface area contributed by atoms with Crippen molar-refractivity contribution in [3.8, 4) is 0 Å². The number of nitrogens with one attached hydrogen (secondary N) is 2. The number of likely N-dealkylation sites (N-methyl/N-ethyl adjacent to an activating group) is 1. The van der Waals surface area contributed by atoms with Gasteiger partial charge in [0.15, 0.2) is 0 Å². The van der Waals surface area contributed by atoms with Gasteiger partial charge in [0, 0.05) is 31.7 Å². The molecular formula is C11H22N4O2. The van der Waals surface area contributed by atoms with Crippen molar-refractivity contribution >= 4 is 11.8 Å². The Morgan fingerprint density at radius 2 is 1.53 bits per heavy atom. The van der Waals surface area contributed by atoms with Crippen LogP contribution in [0, 0.1) is 0 Å². The Balaban J connectivity index is 2.36. The molecule has 0 unspecified atom stereocenters. The minimum absolute atomic E-state index is 0.392. The van der Waals surface area contributed by atoms with Gasteiger partial charge >= 0.3 is 11.8 Å². The molecule has 98 valence electrons. The predicted octanol–water partition coefficient (Wildman–Crippen LogP) is -0.820. The molecular weight excluding hydrogens is 220 g/mol. The zero-order valence-corrected chi connectivity index (χ0v) is 11.0. The van der Waals surface area contributed by atoms with Crippen molar-refractivity contribution in [2.45, 2.75) is 26.3 Å². The van der Waals surface area contributed by atoms with Crippen molar-refractivity contribution in [1.82, 2.24) is 20.7 Å². The lowest BCUT2D eigenvalue weighted by atomic mass is 10.1. The Hall–Kier alpha value is -1.14. The van der Waals surface area contributed by atoms with Crippen LogP contribution in [0.1, 0.15) is 20.8 Å². The quantitative estimate of drug-likeness (QED) is 0.590. The van der Waals surface area contributed by atoms with Crippen LogP contribution in [-0.2, 0) is 9.59 Å². The summed E-state index contributed by atoms with van der Waals surface area (Å²) in [7, 11) is 2.03. The maximum atomic E-state index is 11.6. The van der Waals surface area contributed by atoms with E-state index in [0.29, 0.717) is 0 Å². The fourth-order valence-corrected chi connectivity index (χ4v) is 1.51. The molecule has 0 aromatic carbocycles. The highest BCUT2D eigenvalue weighted by atomic mass is 16.2. The summed E-state index contributed by atoms with van der Waals surface area (Å²) in [5.41, 5.74) is 2.23. The highest BCUT2D eigenvalue weighted by Crippen LogP contribution is 1.98. The second kappa shape index (κ2) is 5.46. The standard InChI is InChI=1S/C11H22N4O2/c1-11(2,3)12-9(16)10(17)13-15-7-5-14(4)6-8-15/h5-8H2,1-4H3,(H,12,16)(H,13,17). The van der Waals surface area contributed by atoms with Crippen molar-refractivity contribution in [1.29, 1.82) is 0 Å². The van der Waals surface area contributed by atoms with E-state index in [9.17, 15) is 9.59 Å². The van der Waals surface area contributed by atoms with E-state index in [2.05, 4.69) is 15.6 Å². The maximum Gasteiger partial charge on any atom is 0.323 e. The summed E-state index contributed by atoms with van der Waals surface area (Å²) in [5.74, 6) is -1.18. The van der Waals surface area contributed by atoms with Gasteiger partial charge < -0.3 is 10.2 Å². The van der Waals surface area contributed by atoms with Crippen LogP contribution in [-0.4, -0.2) is 60.5 Å². The number of hydrogen-bond donors (Lipinski definition) is 2. The smallest absolute Gasteiger partial charge is 0.323 e. The number of hydrazine groups is 1. The van der Waals surface area contributed by atoms with Crippen molar-refractivity contribution in [3.05, 3.63) is 0 Å². The van der Waals surface area contributed by atoms with Gasteiger partial charge in [-0.2, -0.15) is 0 Å². The van der Waals surface area contributed by atoms with Crippen LogP contribution in [0.5, 0.6) is 0 Å². The Bertz CT molecular complexity index is 290. The summed E-state index contributed by atoms with van der Waals surface area (Å²) in [6.07, 6.45) is 0. The molecule has 6 nitrogen and oxygen atoms in total. The fraction of sp³-hybridized carbons (Fsp3) is 0.818. The van der Waals surface area contributed by atoms with Gasteiger partial charge in [-0.25, -0.2) is 5.01 Å². The molecule has 6 heteroatoms. The van der Waals surface area contributed by atoms with Crippen molar-refractivity contribution in [3.63, 3.8) is 0 Å². The summed E-state index contributed by atoms with van der Waals surface area (Å²) in [4.78, 5) is 25.3. The number of amides is 2. The third-order valence-corrected chi connectivity index (χ3v) is 2.46. The van der Waals surface area contributed by atoms with Gasteiger partial charge in [0.25, 0.3) is 0 Å². The van der Waals surface area contributed by atoms with Gasteiger partial charge in [0.05, 0.1) is 0 Å². The molecule has 0 radical (unpaired) electrons.